The number of hydrogen-bond acceptors (Lipinski definition) is 1. The Kier molecular flexibility index (Phi) is 2.04. The quantitative estimate of drug-likeness (QED) is 0.640. The molecule has 0 bridgehead atoms. The van der Waals surface area contributed by atoms with Gasteiger partial charge in [-0.15, -0.1) is 0 Å². The molecule has 1 aliphatic rings. The highest BCUT2D eigenvalue weighted by Gasteiger charge is 2.45. The lowest BCUT2D eigenvalue weighted by atomic mass is 9.85. The summed E-state index contributed by atoms with van der Waals surface area (Å²) in [6.45, 7) is 6.81. The first-order valence-corrected chi connectivity index (χ1v) is 4.39. The van der Waals surface area contributed by atoms with Crippen LogP contribution in [0.2, 0.25) is 0 Å². The van der Waals surface area contributed by atoms with Crippen LogP contribution in [-0.2, 0) is 0 Å². The molecule has 0 aromatic carbocycles. The van der Waals surface area contributed by atoms with Crippen molar-refractivity contribution in [2.75, 3.05) is 0 Å². The van der Waals surface area contributed by atoms with Gasteiger partial charge in [0.25, 0.3) is 0 Å². The zero-order valence-corrected chi connectivity index (χ0v) is 7.35. The molecule has 0 aliphatic heterocycles. The smallest absolute Gasteiger partial charge is 0.0186 e. The SMILES string of the molecule is CCC(C(C)C)C1(N)CC1. The van der Waals surface area contributed by atoms with E-state index in [-0.39, 0.29) is 5.54 Å². The van der Waals surface area contributed by atoms with E-state index >= 15 is 0 Å². The Hall–Kier alpha value is -0.0400. The van der Waals surface area contributed by atoms with Crippen molar-refractivity contribution in [1.82, 2.24) is 0 Å². The summed E-state index contributed by atoms with van der Waals surface area (Å²) >= 11 is 0. The third-order valence-corrected chi connectivity index (χ3v) is 2.81. The highest BCUT2D eigenvalue weighted by atomic mass is 14.8. The summed E-state index contributed by atoms with van der Waals surface area (Å²) in [4.78, 5) is 0. The van der Waals surface area contributed by atoms with Gasteiger partial charge in [-0.2, -0.15) is 0 Å². The molecule has 0 radical (unpaired) electrons. The first-order chi connectivity index (χ1) is 4.60. The van der Waals surface area contributed by atoms with Gasteiger partial charge in [-0.05, 0) is 24.7 Å². The Morgan fingerprint density at radius 3 is 2.00 bits per heavy atom. The van der Waals surface area contributed by atoms with Crippen molar-refractivity contribution >= 4 is 0 Å². The van der Waals surface area contributed by atoms with Gasteiger partial charge in [0.2, 0.25) is 0 Å². The highest BCUT2D eigenvalue weighted by molar-refractivity contribution is 5.04. The van der Waals surface area contributed by atoms with Crippen molar-refractivity contribution in [1.29, 1.82) is 0 Å². The average Bonchev–Trinajstić information content (AvgIpc) is 2.49. The molecule has 1 nitrogen and oxygen atoms in total. The molecule has 1 atom stereocenters. The van der Waals surface area contributed by atoms with Gasteiger partial charge in [0.05, 0.1) is 0 Å². The van der Waals surface area contributed by atoms with Crippen molar-refractivity contribution in [3.63, 3.8) is 0 Å². The summed E-state index contributed by atoms with van der Waals surface area (Å²) in [6, 6.07) is 0. The third-order valence-electron chi connectivity index (χ3n) is 2.81. The lowest BCUT2D eigenvalue weighted by Gasteiger charge is -2.25. The minimum Gasteiger partial charge on any atom is -0.325 e. The maximum Gasteiger partial charge on any atom is 0.0186 e. The normalized spacial score (nSPS) is 24.9. The predicted octanol–water partition coefficient (Wildman–Crippen LogP) is 2.16. The topological polar surface area (TPSA) is 26.0 Å². The summed E-state index contributed by atoms with van der Waals surface area (Å²) in [7, 11) is 0. The van der Waals surface area contributed by atoms with Gasteiger partial charge < -0.3 is 5.73 Å². The Morgan fingerprint density at radius 1 is 1.40 bits per heavy atom. The molecule has 0 spiro atoms. The molecule has 1 fully saturated rings. The zero-order chi connectivity index (χ0) is 7.78. The fraction of sp³-hybridized carbons (Fsp3) is 1.00. The van der Waals surface area contributed by atoms with Gasteiger partial charge in [-0.3, -0.25) is 0 Å². The van der Waals surface area contributed by atoms with Gasteiger partial charge >= 0.3 is 0 Å². The van der Waals surface area contributed by atoms with Gasteiger partial charge in [-0.1, -0.05) is 27.2 Å². The maximum absolute atomic E-state index is 6.10. The van der Waals surface area contributed by atoms with Crippen LogP contribution in [0.25, 0.3) is 0 Å². The second-order valence-electron chi connectivity index (χ2n) is 3.99. The minimum absolute atomic E-state index is 0.239. The Labute approximate surface area is 64.0 Å². The summed E-state index contributed by atoms with van der Waals surface area (Å²) in [6.07, 6.45) is 3.75. The minimum atomic E-state index is 0.239. The van der Waals surface area contributed by atoms with E-state index in [1.165, 1.54) is 19.3 Å². The van der Waals surface area contributed by atoms with Gasteiger partial charge in [0.1, 0.15) is 0 Å². The summed E-state index contributed by atoms with van der Waals surface area (Å²) in [5.41, 5.74) is 6.34. The van der Waals surface area contributed by atoms with Gasteiger partial charge in [-0.25, -0.2) is 0 Å². The molecule has 1 aliphatic carbocycles. The second-order valence-corrected chi connectivity index (χ2v) is 3.99. The molecular formula is C9H19N. The molecule has 60 valence electrons. The molecule has 1 rings (SSSR count). The average molecular weight is 141 g/mol. The van der Waals surface area contributed by atoms with E-state index < -0.39 is 0 Å². The Morgan fingerprint density at radius 2 is 1.90 bits per heavy atom. The van der Waals surface area contributed by atoms with Crippen LogP contribution in [0.3, 0.4) is 0 Å². The predicted molar refractivity (Wildman–Crippen MR) is 44.8 cm³/mol. The van der Waals surface area contributed by atoms with Crippen molar-refractivity contribution in [2.45, 2.75) is 45.6 Å². The van der Waals surface area contributed by atoms with Crippen LogP contribution in [-0.4, -0.2) is 5.54 Å². The summed E-state index contributed by atoms with van der Waals surface area (Å²) < 4.78 is 0. The van der Waals surface area contributed by atoms with E-state index in [4.69, 9.17) is 5.73 Å². The van der Waals surface area contributed by atoms with E-state index in [1.54, 1.807) is 0 Å². The Balaban J connectivity index is 2.48. The molecular weight excluding hydrogens is 122 g/mol. The fourth-order valence-electron chi connectivity index (χ4n) is 2.06. The third kappa shape index (κ3) is 1.34. The van der Waals surface area contributed by atoms with Gasteiger partial charge in [0, 0.05) is 5.54 Å². The molecule has 1 saturated carbocycles. The molecule has 0 saturated heterocycles. The molecule has 0 aromatic heterocycles. The fourth-order valence-corrected chi connectivity index (χ4v) is 2.06. The molecule has 0 aromatic rings. The van der Waals surface area contributed by atoms with Gasteiger partial charge in [0.15, 0.2) is 0 Å². The van der Waals surface area contributed by atoms with Crippen LogP contribution in [0.5, 0.6) is 0 Å². The van der Waals surface area contributed by atoms with E-state index in [0.29, 0.717) is 0 Å². The molecule has 0 amide bonds. The van der Waals surface area contributed by atoms with Crippen molar-refractivity contribution in [2.24, 2.45) is 17.6 Å². The lowest BCUT2D eigenvalue weighted by Crippen LogP contribution is -2.35. The molecule has 10 heavy (non-hydrogen) atoms. The van der Waals surface area contributed by atoms with Crippen molar-refractivity contribution in [3.05, 3.63) is 0 Å². The molecule has 2 N–H and O–H groups in total. The number of rotatable bonds is 3. The molecule has 1 heteroatoms. The van der Waals surface area contributed by atoms with Crippen LogP contribution < -0.4 is 5.73 Å². The lowest BCUT2D eigenvalue weighted by molar-refractivity contribution is 0.293. The standard InChI is InChI=1S/C9H19N/c1-4-8(7(2)3)9(10)5-6-9/h7-8H,4-6,10H2,1-3H3. The highest BCUT2D eigenvalue weighted by Crippen LogP contribution is 2.44. The Bertz CT molecular complexity index is 114. The monoisotopic (exact) mass is 141 g/mol. The van der Waals surface area contributed by atoms with E-state index in [9.17, 15) is 0 Å². The summed E-state index contributed by atoms with van der Waals surface area (Å²) in [5.74, 6) is 1.52. The van der Waals surface area contributed by atoms with E-state index in [2.05, 4.69) is 20.8 Å². The first-order valence-electron chi connectivity index (χ1n) is 4.39. The van der Waals surface area contributed by atoms with E-state index in [1.807, 2.05) is 0 Å². The number of nitrogens with two attached hydrogens (primary N) is 1. The second kappa shape index (κ2) is 2.54. The number of hydrogen-bond donors (Lipinski definition) is 1. The van der Waals surface area contributed by atoms with Crippen LogP contribution in [0.4, 0.5) is 0 Å². The maximum atomic E-state index is 6.10. The molecule has 1 unspecified atom stereocenters. The summed E-state index contributed by atoms with van der Waals surface area (Å²) in [5, 5.41) is 0. The zero-order valence-electron chi connectivity index (χ0n) is 7.35. The van der Waals surface area contributed by atoms with Crippen molar-refractivity contribution in [3.8, 4) is 0 Å². The van der Waals surface area contributed by atoms with Crippen LogP contribution in [0.15, 0.2) is 0 Å². The van der Waals surface area contributed by atoms with E-state index in [0.717, 1.165) is 11.8 Å². The van der Waals surface area contributed by atoms with Crippen molar-refractivity contribution < 1.29 is 0 Å². The first kappa shape index (κ1) is 8.06. The molecule has 0 heterocycles. The largest absolute Gasteiger partial charge is 0.325 e. The van der Waals surface area contributed by atoms with Crippen LogP contribution in [0.1, 0.15) is 40.0 Å². The van der Waals surface area contributed by atoms with Crippen LogP contribution >= 0.6 is 0 Å². The van der Waals surface area contributed by atoms with Crippen LogP contribution in [0, 0.1) is 11.8 Å².